The Bertz CT molecular complexity index is 4110. The van der Waals surface area contributed by atoms with Crippen molar-refractivity contribution in [1.82, 2.24) is 0 Å². The number of rotatable bonds is 3. The Morgan fingerprint density at radius 3 is 1.49 bits per heavy atom. The summed E-state index contributed by atoms with van der Waals surface area (Å²) in [7, 11) is 0. The molecule has 15 rings (SSSR count). The van der Waals surface area contributed by atoms with Crippen molar-refractivity contribution in [3.05, 3.63) is 246 Å². The highest BCUT2D eigenvalue weighted by Gasteiger charge is 2.50. The Morgan fingerprint density at radius 2 is 0.791 bits per heavy atom. The smallest absolute Gasteiger partial charge is 0.137 e. The molecule has 3 nitrogen and oxygen atoms in total. The van der Waals surface area contributed by atoms with Crippen LogP contribution in [0.5, 0.6) is 0 Å². The predicted octanol–water partition coefficient (Wildman–Crippen LogP) is 17.3. The summed E-state index contributed by atoms with van der Waals surface area (Å²) in [5.74, 6) is 0. The maximum atomic E-state index is 6.64. The van der Waals surface area contributed by atoms with Crippen LogP contribution in [-0.4, -0.2) is 0 Å². The van der Waals surface area contributed by atoms with Gasteiger partial charge in [-0.1, -0.05) is 166 Å². The molecule has 1 unspecified atom stereocenters. The molecule has 3 aliphatic rings. The van der Waals surface area contributed by atoms with Gasteiger partial charge in [0, 0.05) is 32.9 Å². The van der Waals surface area contributed by atoms with Gasteiger partial charge in [0.2, 0.25) is 0 Å². The number of benzene rings is 10. The van der Waals surface area contributed by atoms with Gasteiger partial charge >= 0.3 is 0 Å². The van der Waals surface area contributed by atoms with Gasteiger partial charge in [-0.2, -0.15) is 0 Å². The van der Waals surface area contributed by atoms with Gasteiger partial charge in [0.15, 0.2) is 0 Å². The molecule has 0 aliphatic heterocycles. The lowest BCUT2D eigenvalue weighted by atomic mass is 9.65. The summed E-state index contributed by atoms with van der Waals surface area (Å²) >= 11 is 0. The molecule has 0 saturated carbocycles. The number of fused-ring (bicyclic) bond motifs is 21. The van der Waals surface area contributed by atoms with E-state index < -0.39 is 5.41 Å². The summed E-state index contributed by atoms with van der Waals surface area (Å²) < 4.78 is 13.3. The fourth-order valence-electron chi connectivity index (χ4n) is 12.6. The van der Waals surface area contributed by atoms with Gasteiger partial charge in [0.25, 0.3) is 0 Å². The fraction of sp³-hybridized carbons (Fsp3) is 0.0625. The van der Waals surface area contributed by atoms with E-state index in [2.05, 4.69) is 231 Å². The molecule has 314 valence electrons. The van der Waals surface area contributed by atoms with Crippen molar-refractivity contribution in [1.29, 1.82) is 0 Å². The van der Waals surface area contributed by atoms with Crippen LogP contribution in [-0.2, 0) is 10.8 Å². The highest BCUT2D eigenvalue weighted by Crippen LogP contribution is 2.63. The third kappa shape index (κ3) is 4.75. The second-order valence-corrected chi connectivity index (χ2v) is 19.1. The minimum atomic E-state index is -0.707. The average molecular weight is 856 g/mol. The van der Waals surface area contributed by atoms with Crippen molar-refractivity contribution in [2.75, 3.05) is 4.90 Å². The van der Waals surface area contributed by atoms with Crippen LogP contribution in [0.15, 0.2) is 221 Å². The monoisotopic (exact) mass is 855 g/mol. The zero-order valence-corrected chi connectivity index (χ0v) is 37.0. The zero-order valence-electron chi connectivity index (χ0n) is 37.0. The maximum Gasteiger partial charge on any atom is 0.137 e. The second-order valence-electron chi connectivity index (χ2n) is 19.1. The van der Waals surface area contributed by atoms with Crippen molar-refractivity contribution in [2.24, 2.45) is 0 Å². The van der Waals surface area contributed by atoms with Crippen LogP contribution in [0.25, 0.3) is 88.4 Å². The molecule has 0 saturated heterocycles. The quantitative estimate of drug-likeness (QED) is 0.177. The molecule has 2 heterocycles. The summed E-state index contributed by atoms with van der Waals surface area (Å²) in [6.07, 6.45) is 0. The van der Waals surface area contributed by atoms with Crippen LogP contribution in [0.2, 0.25) is 0 Å². The molecule has 1 spiro atoms. The highest BCUT2D eigenvalue weighted by molar-refractivity contribution is 6.14. The predicted molar refractivity (Wildman–Crippen MR) is 275 cm³/mol. The molecule has 3 aliphatic carbocycles. The Balaban J connectivity index is 1.08. The highest BCUT2D eigenvalue weighted by atomic mass is 16.3. The molecule has 12 aromatic rings. The van der Waals surface area contributed by atoms with E-state index in [1.165, 1.54) is 77.9 Å². The van der Waals surface area contributed by atoms with E-state index in [1.807, 2.05) is 0 Å². The Morgan fingerprint density at radius 1 is 0.313 bits per heavy atom. The van der Waals surface area contributed by atoms with E-state index in [9.17, 15) is 0 Å². The topological polar surface area (TPSA) is 29.5 Å². The van der Waals surface area contributed by atoms with Crippen LogP contribution >= 0.6 is 0 Å². The molecule has 1 atom stereocenters. The van der Waals surface area contributed by atoms with Crippen molar-refractivity contribution < 1.29 is 8.83 Å². The summed E-state index contributed by atoms with van der Waals surface area (Å²) in [6.45, 7) is 4.73. The summed E-state index contributed by atoms with van der Waals surface area (Å²) in [5.41, 5.74) is 23.5. The lowest BCUT2D eigenvalue weighted by Crippen LogP contribution is -2.29. The van der Waals surface area contributed by atoms with E-state index >= 15 is 0 Å². The molecule has 0 amide bonds. The number of anilines is 3. The Labute approximate surface area is 387 Å². The molecule has 0 bridgehead atoms. The van der Waals surface area contributed by atoms with Gasteiger partial charge in [-0.05, 0) is 139 Å². The maximum absolute atomic E-state index is 6.64. The lowest BCUT2D eigenvalue weighted by Gasteiger charge is -2.36. The first kappa shape index (κ1) is 36.9. The Kier molecular flexibility index (Phi) is 7.22. The third-order valence-corrected chi connectivity index (χ3v) is 15.5. The van der Waals surface area contributed by atoms with Crippen LogP contribution in [0.1, 0.15) is 47.2 Å². The molecular formula is C64H41NO2. The third-order valence-electron chi connectivity index (χ3n) is 15.5. The minimum absolute atomic E-state index is 0.187. The largest absolute Gasteiger partial charge is 0.456 e. The molecule has 0 fully saturated rings. The van der Waals surface area contributed by atoms with E-state index in [-0.39, 0.29) is 5.41 Å². The van der Waals surface area contributed by atoms with Crippen molar-refractivity contribution >= 4 is 60.9 Å². The van der Waals surface area contributed by atoms with Crippen molar-refractivity contribution in [3.63, 3.8) is 0 Å². The van der Waals surface area contributed by atoms with Gasteiger partial charge in [-0.25, -0.2) is 0 Å². The standard InChI is InChI=1S/C64H41NO2/c1-63(2)51-23-10-5-19-43(51)46-33-31-38(34-54(46)63)65(57-26-15-29-60-62(57)48-22-9-14-28-59(48)66-60)39-30-32-45-41-17-4-3-16-40(41)42-18-6-11-24-52(42)64(55(45)35-39)53-25-12-7-20-44(53)49-37-61-50(36-56(49)64)47-21-8-13-27-58(47)67-61/h3-37H,1-2H3. The number of hydrogen-bond acceptors (Lipinski definition) is 3. The van der Waals surface area contributed by atoms with Gasteiger partial charge < -0.3 is 13.7 Å². The second kappa shape index (κ2) is 13.1. The van der Waals surface area contributed by atoms with Gasteiger partial charge in [-0.15, -0.1) is 0 Å². The van der Waals surface area contributed by atoms with E-state index in [4.69, 9.17) is 8.83 Å². The van der Waals surface area contributed by atoms with Crippen LogP contribution < -0.4 is 4.90 Å². The molecule has 0 radical (unpaired) electrons. The first-order valence-corrected chi connectivity index (χ1v) is 23.3. The van der Waals surface area contributed by atoms with Crippen LogP contribution in [0, 0.1) is 0 Å². The number of furan rings is 2. The minimum Gasteiger partial charge on any atom is -0.456 e. The molecule has 0 N–H and O–H groups in total. The SMILES string of the molecule is CC1(C)c2ccccc2-c2ccc(N(c3ccc4c(c3)C3(c5ccccc5-c5ccccc5-4)c4ccccc4-c4cc5oc6ccccc6c5cc43)c3cccc4oc5ccccc5c34)cc21. The fourth-order valence-corrected chi connectivity index (χ4v) is 12.6. The molecule has 10 aromatic carbocycles. The van der Waals surface area contributed by atoms with Crippen LogP contribution in [0.3, 0.4) is 0 Å². The average Bonchev–Trinajstić information content (AvgIpc) is 4.07. The van der Waals surface area contributed by atoms with E-state index in [0.29, 0.717) is 0 Å². The summed E-state index contributed by atoms with van der Waals surface area (Å²) in [4.78, 5) is 2.49. The zero-order chi connectivity index (χ0) is 44.2. The number of hydrogen-bond donors (Lipinski definition) is 0. The first-order valence-electron chi connectivity index (χ1n) is 23.3. The first-order chi connectivity index (χ1) is 33.0. The van der Waals surface area contributed by atoms with Gasteiger partial charge in [0.05, 0.1) is 16.5 Å². The van der Waals surface area contributed by atoms with Crippen molar-refractivity contribution in [2.45, 2.75) is 24.7 Å². The van der Waals surface area contributed by atoms with Crippen molar-refractivity contribution in [3.8, 4) is 44.5 Å². The molecule has 2 aromatic heterocycles. The summed E-state index contributed by atoms with van der Waals surface area (Å²) in [5, 5.41) is 4.43. The normalized spacial score (nSPS) is 15.8. The molecule has 3 heteroatoms. The van der Waals surface area contributed by atoms with Crippen LogP contribution in [0.4, 0.5) is 17.1 Å². The lowest BCUT2D eigenvalue weighted by molar-refractivity contribution is 0.660. The Hall–Kier alpha value is -8.40. The van der Waals surface area contributed by atoms with E-state index in [1.54, 1.807) is 0 Å². The van der Waals surface area contributed by atoms with Gasteiger partial charge in [-0.3, -0.25) is 0 Å². The number of para-hydroxylation sites is 2. The summed E-state index contributed by atoms with van der Waals surface area (Å²) in [6, 6.07) is 78.7. The van der Waals surface area contributed by atoms with E-state index in [0.717, 1.165) is 60.9 Å². The van der Waals surface area contributed by atoms with Gasteiger partial charge in [0.1, 0.15) is 22.3 Å². The number of nitrogens with zero attached hydrogens (tertiary/aromatic N) is 1. The molecular weight excluding hydrogens is 815 g/mol. The molecule has 67 heavy (non-hydrogen) atoms.